The fraction of sp³-hybridized carbons (Fsp3) is 0.375. The van der Waals surface area contributed by atoms with Gasteiger partial charge in [-0.1, -0.05) is 48.6 Å². The number of nitrogens with zero attached hydrogens (tertiary/aromatic N) is 5. The molecule has 0 saturated carbocycles. The van der Waals surface area contributed by atoms with E-state index in [4.69, 9.17) is 8.83 Å². The van der Waals surface area contributed by atoms with Gasteiger partial charge in [0.05, 0.1) is 22.4 Å². The maximum atomic E-state index is 13.7. The number of aryl methyl sites for hydroxylation is 2. The van der Waals surface area contributed by atoms with E-state index in [0.29, 0.717) is 23.0 Å². The summed E-state index contributed by atoms with van der Waals surface area (Å²) < 4.78 is 41.8. The third kappa shape index (κ3) is 11.5. The molecule has 0 amide bonds. The van der Waals surface area contributed by atoms with E-state index < -0.39 is 0 Å². The summed E-state index contributed by atoms with van der Waals surface area (Å²) in [5.41, 5.74) is 9.46. The van der Waals surface area contributed by atoms with E-state index in [9.17, 15) is 18.4 Å². The van der Waals surface area contributed by atoms with E-state index in [2.05, 4.69) is 66.4 Å². The molecule has 4 aromatic heterocycles. The van der Waals surface area contributed by atoms with Gasteiger partial charge >= 0.3 is 11.5 Å². The van der Waals surface area contributed by atoms with Crippen LogP contribution in [0.15, 0.2) is 104 Å². The number of para-hydroxylation sites is 2. The Morgan fingerprint density at radius 3 is 1.58 bits per heavy atom. The Hall–Kier alpha value is -4.23. The number of aromatic nitrogens is 4. The maximum absolute atomic E-state index is 13.7. The predicted octanol–water partition coefficient (Wildman–Crippen LogP) is 9.69. The first-order valence-corrected chi connectivity index (χ1v) is 23.2. The number of oxazole rings is 2. The average Bonchev–Trinajstić information content (AvgIpc) is 4.06. The molecule has 4 aromatic carbocycles. The van der Waals surface area contributed by atoms with E-state index in [1.165, 1.54) is 23.3 Å². The Labute approximate surface area is 420 Å². The van der Waals surface area contributed by atoms with Crippen molar-refractivity contribution in [1.82, 2.24) is 29.3 Å². The van der Waals surface area contributed by atoms with E-state index in [1.807, 2.05) is 48.8 Å². The molecule has 8 aromatic rings. The largest absolute Gasteiger partial charge is 0.419 e. The molecule has 353 valence electrons. The topological polar surface area (TPSA) is 124 Å². The molecule has 12 nitrogen and oxygen atoms in total. The quantitative estimate of drug-likeness (QED) is 0.0966. The van der Waals surface area contributed by atoms with Crippen LogP contribution in [0.1, 0.15) is 49.7 Å². The molecule has 2 saturated heterocycles. The van der Waals surface area contributed by atoms with Crippen molar-refractivity contribution in [2.45, 2.75) is 38.5 Å². The van der Waals surface area contributed by atoms with Crippen LogP contribution in [0.25, 0.3) is 44.0 Å². The number of halogens is 5. The number of piperazine rings is 2. The summed E-state index contributed by atoms with van der Waals surface area (Å²) in [5.74, 6) is -0.154. The molecule has 0 spiro atoms. The van der Waals surface area contributed by atoms with Gasteiger partial charge in [-0.3, -0.25) is 14.0 Å². The van der Waals surface area contributed by atoms with E-state index >= 15 is 0 Å². The van der Waals surface area contributed by atoms with Crippen molar-refractivity contribution in [3.05, 3.63) is 129 Å². The standard InChI is InChI=1S/C24H27FN4O2.C12H13FIN.C12H15N3O2.2ClH.V/c1-16(19-15-26-20-7-6-17(25)14-18(19)20)8-9-28-10-12-29(13-11-28)22-5-3-4-21-23(22)31-24(30)27(21)2;1-8(4-5-14)11-7-15-12-3-2-9(13)6-10(11)12;1-14-9-3-2-4-10(11(9)17-12(14)16)15-7-5-13-6-8-15;;;/h3-7,14-16,26H,8-13H2,1-2H3;2-3,6-8,15H,4-5H2,1H3;2-4,13H,5-8H2,1H3;2*1H;. The fourth-order valence-corrected chi connectivity index (χ4v) is 9.72. The van der Waals surface area contributed by atoms with Crippen LogP contribution in [0.5, 0.6) is 0 Å². The molecular weight excluding hydrogens is 1040 g/mol. The first-order chi connectivity index (χ1) is 30.5. The minimum absolute atomic E-state index is 0. The molecule has 2 atom stereocenters. The molecule has 2 aliphatic rings. The normalized spacial score (nSPS) is 15.0. The van der Waals surface area contributed by atoms with Crippen molar-refractivity contribution in [2.24, 2.45) is 14.1 Å². The molecular formula is C48H57Cl2F2IN8O4V. The SMILES string of the molecule is CC(CCI)c1c[nH]c2ccc(F)cc12.CC(CCN1CCN(c2cccc3c2oc(=O)n3C)CC1)c1c[nH]c2ccc(F)cc12.Cl.Cl.Cn1c(=O)oc2c(N3CCNCC3)cccc21.[V]. The Morgan fingerprint density at radius 2 is 1.11 bits per heavy atom. The summed E-state index contributed by atoms with van der Waals surface area (Å²) in [6.07, 6.45) is 6.17. The third-order valence-corrected chi connectivity index (χ3v) is 13.2. The second-order valence-electron chi connectivity index (χ2n) is 16.6. The summed E-state index contributed by atoms with van der Waals surface area (Å²) in [4.78, 5) is 36.9. The van der Waals surface area contributed by atoms with Crippen LogP contribution >= 0.6 is 47.4 Å². The Morgan fingerprint density at radius 1 is 0.652 bits per heavy atom. The second-order valence-corrected chi connectivity index (χ2v) is 17.7. The van der Waals surface area contributed by atoms with Crippen LogP contribution in [-0.2, 0) is 32.7 Å². The van der Waals surface area contributed by atoms with Gasteiger partial charge < -0.3 is 33.9 Å². The number of fused-ring (bicyclic) bond motifs is 4. The Kier molecular flexibility index (Phi) is 18.9. The van der Waals surface area contributed by atoms with Crippen molar-refractivity contribution in [3.8, 4) is 0 Å². The number of alkyl halides is 1. The molecule has 0 aliphatic carbocycles. The molecule has 10 rings (SSSR count). The van der Waals surface area contributed by atoms with E-state index in [-0.39, 0.29) is 66.5 Å². The molecule has 2 aliphatic heterocycles. The van der Waals surface area contributed by atoms with Crippen LogP contribution < -0.4 is 26.6 Å². The third-order valence-electron chi connectivity index (χ3n) is 12.6. The van der Waals surface area contributed by atoms with E-state index in [0.717, 1.165) is 120 Å². The van der Waals surface area contributed by atoms with Crippen LogP contribution in [0.2, 0.25) is 0 Å². The summed E-state index contributed by atoms with van der Waals surface area (Å²) >= 11 is 2.37. The number of hydrogen-bond donors (Lipinski definition) is 3. The van der Waals surface area contributed by atoms with Gasteiger partial charge in [-0.25, -0.2) is 18.4 Å². The molecule has 66 heavy (non-hydrogen) atoms. The van der Waals surface area contributed by atoms with Gasteiger partial charge in [-0.05, 0) is 103 Å². The number of H-pyrrole nitrogens is 2. The molecule has 2 fully saturated rings. The van der Waals surface area contributed by atoms with Crippen molar-refractivity contribution >= 4 is 103 Å². The Balaban J connectivity index is 0.000000199. The zero-order valence-corrected chi connectivity index (χ0v) is 42.7. The van der Waals surface area contributed by atoms with Gasteiger partial charge in [-0.15, -0.1) is 24.8 Å². The zero-order valence-electron chi connectivity index (χ0n) is 37.5. The van der Waals surface area contributed by atoms with Crippen LogP contribution in [0, 0.1) is 11.6 Å². The van der Waals surface area contributed by atoms with Gasteiger partial charge in [0.1, 0.15) is 11.6 Å². The van der Waals surface area contributed by atoms with Gasteiger partial charge in [0.2, 0.25) is 0 Å². The average molecular weight is 1100 g/mol. The number of nitrogens with one attached hydrogen (secondary N) is 3. The number of hydrogen-bond acceptors (Lipinski definition) is 8. The van der Waals surface area contributed by atoms with Gasteiger partial charge in [0.25, 0.3) is 0 Å². The molecule has 3 N–H and O–H groups in total. The number of aromatic amines is 2. The zero-order chi connectivity index (χ0) is 44.2. The van der Waals surface area contributed by atoms with Crippen molar-refractivity contribution in [3.63, 3.8) is 0 Å². The van der Waals surface area contributed by atoms with Crippen molar-refractivity contribution in [1.29, 1.82) is 0 Å². The Bertz CT molecular complexity index is 2950. The fourth-order valence-electron chi connectivity index (χ4n) is 8.78. The van der Waals surface area contributed by atoms with Crippen LogP contribution in [-0.4, -0.2) is 87.3 Å². The van der Waals surface area contributed by atoms with Gasteiger partial charge in [0, 0.05) is 124 Å². The van der Waals surface area contributed by atoms with Crippen molar-refractivity contribution in [2.75, 3.05) is 73.1 Å². The molecule has 2 unspecified atom stereocenters. The molecule has 18 heteroatoms. The molecule has 6 heterocycles. The summed E-state index contributed by atoms with van der Waals surface area (Å²) in [6, 6.07) is 21.6. The number of anilines is 2. The second kappa shape index (κ2) is 23.7. The monoisotopic (exact) mass is 1100 g/mol. The van der Waals surface area contributed by atoms with Crippen LogP contribution in [0.3, 0.4) is 0 Å². The number of rotatable bonds is 9. The summed E-state index contributed by atoms with van der Waals surface area (Å²) in [5, 5.41) is 5.31. The molecule has 1 radical (unpaired) electrons. The maximum Gasteiger partial charge on any atom is 0.419 e. The van der Waals surface area contributed by atoms with Gasteiger partial charge in [-0.2, -0.15) is 0 Å². The van der Waals surface area contributed by atoms with Crippen LogP contribution in [0.4, 0.5) is 20.2 Å². The minimum Gasteiger partial charge on any atom is -0.405 e. The first kappa shape index (κ1) is 52.7. The number of benzene rings is 4. The smallest absolute Gasteiger partial charge is 0.405 e. The molecule has 0 bridgehead atoms. The first-order valence-electron chi connectivity index (χ1n) is 21.7. The summed E-state index contributed by atoms with van der Waals surface area (Å²) in [7, 11) is 3.47. The minimum atomic E-state index is -0.327. The van der Waals surface area contributed by atoms with Crippen molar-refractivity contribution < 1.29 is 36.2 Å². The van der Waals surface area contributed by atoms with Gasteiger partial charge in [0.15, 0.2) is 11.2 Å². The summed E-state index contributed by atoms with van der Waals surface area (Å²) in [6.45, 7) is 12.9. The predicted molar refractivity (Wildman–Crippen MR) is 273 cm³/mol. The van der Waals surface area contributed by atoms with E-state index in [1.54, 1.807) is 47.5 Å².